The number of aromatic nitrogens is 6. The Labute approximate surface area is 208 Å². The third kappa shape index (κ3) is 4.01. The normalized spacial score (nSPS) is 11.4. The zero-order chi connectivity index (χ0) is 24.6. The molecule has 0 saturated heterocycles. The monoisotopic (exact) mass is 497 g/mol. The first kappa shape index (κ1) is 22.1. The smallest absolute Gasteiger partial charge is 0.224 e. The second kappa shape index (κ2) is 8.97. The molecular formula is C26H20FN7OS. The van der Waals surface area contributed by atoms with E-state index in [2.05, 4.69) is 30.5 Å². The van der Waals surface area contributed by atoms with Crippen molar-refractivity contribution < 1.29 is 9.18 Å². The molecule has 0 spiro atoms. The Bertz CT molecular complexity index is 1740. The van der Waals surface area contributed by atoms with Gasteiger partial charge in [-0.15, -0.1) is 11.3 Å². The number of amides is 1. The van der Waals surface area contributed by atoms with Crippen molar-refractivity contribution >= 4 is 44.9 Å². The second-order valence-electron chi connectivity index (χ2n) is 8.36. The molecule has 36 heavy (non-hydrogen) atoms. The van der Waals surface area contributed by atoms with Crippen LogP contribution in [-0.2, 0) is 4.79 Å². The lowest BCUT2D eigenvalue weighted by Gasteiger charge is -2.06. The minimum absolute atomic E-state index is 0.0464. The molecule has 0 unspecified atom stereocenters. The Kier molecular flexibility index (Phi) is 5.49. The van der Waals surface area contributed by atoms with Gasteiger partial charge in [0.05, 0.1) is 40.5 Å². The molecule has 6 aromatic rings. The van der Waals surface area contributed by atoms with Gasteiger partial charge < -0.3 is 10.3 Å². The van der Waals surface area contributed by atoms with Crippen molar-refractivity contribution in [3.05, 3.63) is 66.3 Å². The summed E-state index contributed by atoms with van der Waals surface area (Å²) in [6.45, 7) is 1.96. The second-order valence-corrected chi connectivity index (χ2v) is 9.39. The maximum Gasteiger partial charge on any atom is 0.224 e. The van der Waals surface area contributed by atoms with Crippen molar-refractivity contribution in [2.75, 3.05) is 5.32 Å². The number of halogens is 1. The van der Waals surface area contributed by atoms with Crippen LogP contribution in [0.25, 0.3) is 55.0 Å². The lowest BCUT2D eigenvalue weighted by Crippen LogP contribution is -2.10. The van der Waals surface area contributed by atoms with Crippen LogP contribution in [-0.4, -0.2) is 36.0 Å². The number of pyridine rings is 3. The molecule has 6 rings (SSSR count). The first-order valence-electron chi connectivity index (χ1n) is 11.4. The lowest BCUT2D eigenvalue weighted by molar-refractivity contribution is -0.116. The van der Waals surface area contributed by atoms with Crippen LogP contribution in [0.1, 0.15) is 19.8 Å². The largest absolute Gasteiger partial charge is 0.352 e. The summed E-state index contributed by atoms with van der Waals surface area (Å²) in [4.78, 5) is 29.6. The molecule has 0 radical (unpaired) electrons. The van der Waals surface area contributed by atoms with Crippen molar-refractivity contribution in [3.63, 3.8) is 0 Å². The molecule has 8 nitrogen and oxygen atoms in total. The van der Waals surface area contributed by atoms with E-state index in [1.807, 2.05) is 31.2 Å². The van der Waals surface area contributed by atoms with E-state index in [0.717, 1.165) is 55.9 Å². The zero-order valence-corrected chi connectivity index (χ0v) is 20.0. The van der Waals surface area contributed by atoms with Crippen molar-refractivity contribution in [1.82, 2.24) is 30.1 Å². The number of thiophene rings is 1. The molecule has 0 aromatic carbocycles. The van der Waals surface area contributed by atoms with Crippen molar-refractivity contribution in [2.24, 2.45) is 0 Å². The van der Waals surface area contributed by atoms with Gasteiger partial charge in [0.1, 0.15) is 11.2 Å². The number of carbonyl (C=O) groups excluding carboxylic acids is 1. The van der Waals surface area contributed by atoms with Crippen LogP contribution >= 0.6 is 11.3 Å². The topological polar surface area (TPSA) is 112 Å². The van der Waals surface area contributed by atoms with E-state index >= 15 is 0 Å². The van der Waals surface area contributed by atoms with E-state index in [1.54, 1.807) is 30.9 Å². The molecule has 10 heteroatoms. The highest BCUT2D eigenvalue weighted by molar-refractivity contribution is 7.14. The highest BCUT2D eigenvalue weighted by Gasteiger charge is 2.16. The van der Waals surface area contributed by atoms with Gasteiger partial charge in [0.25, 0.3) is 0 Å². The highest BCUT2D eigenvalue weighted by Crippen LogP contribution is 2.36. The lowest BCUT2D eigenvalue weighted by atomic mass is 10.1. The number of carbonyl (C=O) groups is 1. The number of hydrogen-bond acceptors (Lipinski definition) is 6. The maximum atomic E-state index is 13.7. The Morgan fingerprint density at radius 2 is 1.94 bits per heavy atom. The standard InChI is InChI=1S/C26H20FN7OS/c1-2-3-24(35)30-15-8-14(10-28-11-15)18-4-5-19-25(32-18)26(34-33-19)20-9-16-17(12-29-13-21(16)31-20)22-6-7-23(27)36-22/h4-13,31H,2-3H2,1H3,(H,30,35)(H,33,34). The van der Waals surface area contributed by atoms with Gasteiger partial charge in [-0.1, -0.05) is 6.92 Å². The molecule has 0 aliphatic heterocycles. The van der Waals surface area contributed by atoms with Crippen LogP contribution in [0, 0.1) is 5.13 Å². The highest BCUT2D eigenvalue weighted by atomic mass is 32.1. The molecule has 0 bridgehead atoms. The summed E-state index contributed by atoms with van der Waals surface area (Å²) in [6.07, 6.45) is 8.04. The summed E-state index contributed by atoms with van der Waals surface area (Å²) in [6, 6.07) is 10.9. The van der Waals surface area contributed by atoms with Crippen LogP contribution in [0.15, 0.2) is 61.2 Å². The Hall–Kier alpha value is -4.44. The fourth-order valence-electron chi connectivity index (χ4n) is 4.18. The molecule has 178 valence electrons. The average Bonchev–Trinajstić information content (AvgIpc) is 3.61. The van der Waals surface area contributed by atoms with E-state index in [-0.39, 0.29) is 11.0 Å². The number of anilines is 1. The predicted molar refractivity (Wildman–Crippen MR) is 139 cm³/mol. The molecule has 3 N–H and O–H groups in total. The van der Waals surface area contributed by atoms with Gasteiger partial charge in [-0.2, -0.15) is 9.49 Å². The van der Waals surface area contributed by atoms with Crippen LogP contribution in [0.2, 0.25) is 0 Å². The van der Waals surface area contributed by atoms with Crippen molar-refractivity contribution in [1.29, 1.82) is 0 Å². The fourth-order valence-corrected chi connectivity index (χ4v) is 4.94. The SMILES string of the molecule is CCCC(=O)Nc1cncc(-c2ccc3[nH]nc(-c4cc5c(-c6ccc(F)s6)cncc5[nH]4)c3n2)c1. The minimum atomic E-state index is -0.240. The van der Waals surface area contributed by atoms with E-state index < -0.39 is 0 Å². The molecule has 0 aliphatic rings. The van der Waals surface area contributed by atoms with E-state index in [9.17, 15) is 9.18 Å². The van der Waals surface area contributed by atoms with Gasteiger partial charge in [0.15, 0.2) is 5.13 Å². The predicted octanol–water partition coefficient (Wildman–Crippen LogP) is 6.17. The molecule has 0 fully saturated rings. The van der Waals surface area contributed by atoms with Gasteiger partial charge in [-0.3, -0.25) is 19.9 Å². The number of nitrogens with zero attached hydrogens (tertiary/aromatic N) is 4. The van der Waals surface area contributed by atoms with Crippen LogP contribution < -0.4 is 5.32 Å². The van der Waals surface area contributed by atoms with Gasteiger partial charge >= 0.3 is 0 Å². The molecule has 0 saturated carbocycles. The maximum absolute atomic E-state index is 13.7. The van der Waals surface area contributed by atoms with Crippen LogP contribution in [0.5, 0.6) is 0 Å². The molecule has 0 aliphatic carbocycles. The van der Waals surface area contributed by atoms with E-state index in [4.69, 9.17) is 4.98 Å². The Morgan fingerprint density at radius 1 is 1.06 bits per heavy atom. The van der Waals surface area contributed by atoms with Crippen molar-refractivity contribution in [3.8, 4) is 33.1 Å². The summed E-state index contributed by atoms with van der Waals surface area (Å²) >= 11 is 1.08. The summed E-state index contributed by atoms with van der Waals surface area (Å²) in [7, 11) is 0. The van der Waals surface area contributed by atoms with E-state index in [1.165, 1.54) is 6.07 Å². The number of nitrogens with one attached hydrogen (secondary N) is 3. The first-order valence-corrected chi connectivity index (χ1v) is 12.2. The quantitative estimate of drug-likeness (QED) is 0.255. The Balaban J connectivity index is 1.40. The molecule has 6 aromatic heterocycles. The number of rotatable bonds is 6. The number of H-pyrrole nitrogens is 2. The third-order valence-corrected chi connectivity index (χ3v) is 6.75. The third-order valence-electron chi connectivity index (χ3n) is 5.84. The van der Waals surface area contributed by atoms with Crippen LogP contribution in [0.3, 0.4) is 0 Å². The fraction of sp³-hybridized carbons (Fsp3) is 0.115. The average molecular weight is 498 g/mol. The van der Waals surface area contributed by atoms with Gasteiger partial charge in [-0.05, 0) is 42.8 Å². The summed E-state index contributed by atoms with van der Waals surface area (Å²) in [5, 5.41) is 11.1. The van der Waals surface area contributed by atoms with Gasteiger partial charge in [-0.25, -0.2) is 4.98 Å². The molecule has 1 amide bonds. The summed E-state index contributed by atoms with van der Waals surface area (Å²) in [5.41, 5.74) is 6.69. The van der Waals surface area contributed by atoms with Gasteiger partial charge in [0.2, 0.25) is 5.91 Å². The van der Waals surface area contributed by atoms with Gasteiger partial charge in [0, 0.05) is 40.2 Å². The Morgan fingerprint density at radius 3 is 2.78 bits per heavy atom. The van der Waals surface area contributed by atoms with Crippen molar-refractivity contribution in [2.45, 2.75) is 19.8 Å². The first-order chi connectivity index (χ1) is 17.6. The number of fused-ring (bicyclic) bond motifs is 2. The minimum Gasteiger partial charge on any atom is -0.352 e. The number of hydrogen-bond donors (Lipinski definition) is 3. The zero-order valence-electron chi connectivity index (χ0n) is 19.2. The molecular weight excluding hydrogens is 477 g/mol. The summed E-state index contributed by atoms with van der Waals surface area (Å²) in [5.74, 6) is -0.0464. The molecule has 0 atom stereocenters. The van der Waals surface area contributed by atoms with E-state index in [0.29, 0.717) is 29.0 Å². The number of aromatic amines is 2. The summed E-state index contributed by atoms with van der Waals surface area (Å²) < 4.78 is 13.7. The van der Waals surface area contributed by atoms with Crippen LogP contribution in [0.4, 0.5) is 10.1 Å². The molecule has 6 heterocycles.